The Kier molecular flexibility index (Phi) is 5.41. The maximum atomic E-state index is 11.6. The Balaban J connectivity index is 2.53. The van der Waals surface area contributed by atoms with Crippen molar-refractivity contribution < 1.29 is 14.3 Å². The summed E-state index contributed by atoms with van der Waals surface area (Å²) in [5, 5.41) is 2.84. The third-order valence-electron chi connectivity index (χ3n) is 3.03. The van der Waals surface area contributed by atoms with Crippen LogP contribution in [0.3, 0.4) is 0 Å². The molecule has 1 fully saturated rings. The summed E-state index contributed by atoms with van der Waals surface area (Å²) in [6.45, 7) is 8.08. The van der Waals surface area contributed by atoms with E-state index in [0.29, 0.717) is 19.7 Å². The highest BCUT2D eigenvalue weighted by atomic mass is 16.5. The molecule has 5 heteroatoms. The molecular formula is C12H22N2O3. The molecule has 17 heavy (non-hydrogen) atoms. The Bertz CT molecular complexity index is 281. The molecule has 0 aromatic rings. The molecule has 0 aromatic heterocycles. The Morgan fingerprint density at radius 3 is 2.88 bits per heavy atom. The van der Waals surface area contributed by atoms with Gasteiger partial charge in [0.15, 0.2) is 0 Å². The summed E-state index contributed by atoms with van der Waals surface area (Å²) >= 11 is 0. The van der Waals surface area contributed by atoms with Crippen LogP contribution in [-0.4, -0.2) is 49.1 Å². The van der Waals surface area contributed by atoms with Crippen molar-refractivity contribution >= 4 is 11.9 Å². The van der Waals surface area contributed by atoms with Gasteiger partial charge in [0.1, 0.15) is 0 Å². The lowest BCUT2D eigenvalue weighted by atomic mass is 10.1. The molecule has 5 nitrogen and oxygen atoms in total. The number of hydrogen-bond donors (Lipinski definition) is 1. The summed E-state index contributed by atoms with van der Waals surface area (Å²) < 4.78 is 4.97. The topological polar surface area (TPSA) is 58.6 Å². The zero-order chi connectivity index (χ0) is 12.8. The predicted octanol–water partition coefficient (Wildman–Crippen LogP) is 0.396. The van der Waals surface area contributed by atoms with Crippen molar-refractivity contribution in [3.05, 3.63) is 0 Å². The fraction of sp³-hybridized carbons (Fsp3) is 0.833. The van der Waals surface area contributed by atoms with Gasteiger partial charge in [-0.2, -0.15) is 0 Å². The molecule has 1 aliphatic heterocycles. The highest BCUT2D eigenvalue weighted by Gasteiger charge is 2.30. The van der Waals surface area contributed by atoms with Crippen LogP contribution in [0.25, 0.3) is 0 Å². The van der Waals surface area contributed by atoms with Crippen molar-refractivity contribution in [2.45, 2.75) is 33.2 Å². The minimum atomic E-state index is -0.187. The van der Waals surface area contributed by atoms with E-state index in [9.17, 15) is 9.59 Å². The highest BCUT2D eigenvalue weighted by Crippen LogP contribution is 2.12. The highest BCUT2D eigenvalue weighted by molar-refractivity contribution is 5.82. The Morgan fingerprint density at radius 2 is 2.29 bits per heavy atom. The number of piperazine rings is 1. The van der Waals surface area contributed by atoms with Crippen molar-refractivity contribution in [2.24, 2.45) is 5.92 Å². The molecule has 1 N–H and O–H groups in total. The molecule has 1 heterocycles. The summed E-state index contributed by atoms with van der Waals surface area (Å²) in [7, 11) is 0. The van der Waals surface area contributed by atoms with E-state index in [-0.39, 0.29) is 23.8 Å². The molecule has 1 rings (SSSR count). The molecule has 98 valence electrons. The van der Waals surface area contributed by atoms with Crippen LogP contribution in [0.2, 0.25) is 0 Å². The Morgan fingerprint density at radius 1 is 1.59 bits per heavy atom. The lowest BCUT2D eigenvalue weighted by Gasteiger charge is -2.35. The molecule has 0 aromatic carbocycles. The minimum Gasteiger partial charge on any atom is -0.466 e. The van der Waals surface area contributed by atoms with Crippen molar-refractivity contribution in [3.63, 3.8) is 0 Å². The van der Waals surface area contributed by atoms with Gasteiger partial charge in [0.05, 0.1) is 18.6 Å². The number of carbonyl (C=O) groups is 2. The van der Waals surface area contributed by atoms with Gasteiger partial charge in [0.2, 0.25) is 5.91 Å². The van der Waals surface area contributed by atoms with Crippen LogP contribution in [0, 0.1) is 5.92 Å². The summed E-state index contributed by atoms with van der Waals surface area (Å²) in [6.07, 6.45) is 0.765. The van der Waals surface area contributed by atoms with Gasteiger partial charge in [-0.1, -0.05) is 13.8 Å². The first-order valence-corrected chi connectivity index (χ1v) is 6.28. The first-order chi connectivity index (χ1) is 8.10. The van der Waals surface area contributed by atoms with E-state index in [1.807, 2.05) is 13.8 Å². The number of amides is 1. The lowest BCUT2D eigenvalue weighted by Crippen LogP contribution is -2.56. The smallest absolute Gasteiger partial charge is 0.309 e. The first-order valence-electron chi connectivity index (χ1n) is 6.28. The van der Waals surface area contributed by atoms with Gasteiger partial charge in [-0.05, 0) is 13.3 Å². The lowest BCUT2D eigenvalue weighted by molar-refractivity contribution is -0.149. The molecule has 2 atom stereocenters. The maximum absolute atomic E-state index is 11.6. The van der Waals surface area contributed by atoms with Crippen LogP contribution >= 0.6 is 0 Å². The van der Waals surface area contributed by atoms with E-state index in [1.165, 1.54) is 0 Å². The summed E-state index contributed by atoms with van der Waals surface area (Å²) in [5.74, 6) is -0.307. The van der Waals surface area contributed by atoms with Crippen LogP contribution in [0.1, 0.15) is 27.2 Å². The van der Waals surface area contributed by atoms with Crippen molar-refractivity contribution in [3.8, 4) is 0 Å². The number of ether oxygens (including phenoxy) is 1. The standard InChI is InChI=1S/C12H22N2O3/c1-4-10-11(15)13-6-7-14(10)8-9(3)12(16)17-5-2/h9-10H,4-8H2,1-3H3,(H,13,15). The minimum absolute atomic E-state index is 0.0646. The quantitative estimate of drug-likeness (QED) is 0.709. The summed E-state index contributed by atoms with van der Waals surface area (Å²) in [4.78, 5) is 25.3. The van der Waals surface area contributed by atoms with E-state index in [2.05, 4.69) is 10.2 Å². The molecule has 0 aliphatic carbocycles. The third-order valence-corrected chi connectivity index (χ3v) is 3.03. The third kappa shape index (κ3) is 3.70. The second-order valence-corrected chi connectivity index (χ2v) is 4.36. The van der Waals surface area contributed by atoms with Crippen LogP contribution in [0.5, 0.6) is 0 Å². The summed E-state index contributed by atoms with van der Waals surface area (Å²) in [6, 6.07) is -0.111. The fourth-order valence-electron chi connectivity index (χ4n) is 2.14. The van der Waals surface area contributed by atoms with Gasteiger partial charge in [0, 0.05) is 19.6 Å². The maximum Gasteiger partial charge on any atom is 0.309 e. The molecule has 1 amide bonds. The van der Waals surface area contributed by atoms with Crippen LogP contribution in [-0.2, 0) is 14.3 Å². The number of nitrogens with zero attached hydrogens (tertiary/aromatic N) is 1. The average molecular weight is 242 g/mol. The molecular weight excluding hydrogens is 220 g/mol. The van der Waals surface area contributed by atoms with Crippen molar-refractivity contribution in [2.75, 3.05) is 26.2 Å². The van der Waals surface area contributed by atoms with Gasteiger partial charge in [-0.3, -0.25) is 14.5 Å². The van der Waals surface area contributed by atoms with Gasteiger partial charge < -0.3 is 10.1 Å². The van der Waals surface area contributed by atoms with E-state index >= 15 is 0 Å². The van der Waals surface area contributed by atoms with Crippen LogP contribution in [0.4, 0.5) is 0 Å². The molecule has 0 saturated carbocycles. The normalized spacial score (nSPS) is 23.0. The average Bonchev–Trinajstić information content (AvgIpc) is 2.29. The first kappa shape index (κ1) is 14.0. The van der Waals surface area contributed by atoms with Gasteiger partial charge in [-0.25, -0.2) is 0 Å². The Labute approximate surface area is 102 Å². The van der Waals surface area contributed by atoms with Crippen LogP contribution < -0.4 is 5.32 Å². The van der Waals surface area contributed by atoms with Crippen LogP contribution in [0.15, 0.2) is 0 Å². The molecule has 0 bridgehead atoms. The summed E-state index contributed by atoms with van der Waals surface area (Å²) in [5.41, 5.74) is 0. The van der Waals surface area contributed by atoms with E-state index in [1.54, 1.807) is 6.92 Å². The fourth-order valence-corrected chi connectivity index (χ4v) is 2.14. The monoisotopic (exact) mass is 242 g/mol. The number of hydrogen-bond acceptors (Lipinski definition) is 4. The second kappa shape index (κ2) is 6.59. The number of carbonyl (C=O) groups excluding carboxylic acids is 2. The zero-order valence-corrected chi connectivity index (χ0v) is 10.9. The van der Waals surface area contributed by atoms with E-state index in [0.717, 1.165) is 13.0 Å². The molecule has 2 unspecified atom stereocenters. The molecule has 1 saturated heterocycles. The predicted molar refractivity (Wildman–Crippen MR) is 64.5 cm³/mol. The van der Waals surface area contributed by atoms with Crippen molar-refractivity contribution in [1.29, 1.82) is 0 Å². The van der Waals surface area contributed by atoms with Gasteiger partial charge >= 0.3 is 5.97 Å². The Hall–Kier alpha value is -1.10. The molecule has 1 aliphatic rings. The number of nitrogens with one attached hydrogen (secondary N) is 1. The molecule has 0 radical (unpaired) electrons. The SMILES string of the molecule is CCOC(=O)C(C)CN1CCNC(=O)C1CC. The molecule has 0 spiro atoms. The largest absolute Gasteiger partial charge is 0.466 e. The van der Waals surface area contributed by atoms with E-state index < -0.39 is 0 Å². The van der Waals surface area contributed by atoms with Gasteiger partial charge in [-0.15, -0.1) is 0 Å². The number of esters is 1. The second-order valence-electron chi connectivity index (χ2n) is 4.36. The van der Waals surface area contributed by atoms with Gasteiger partial charge in [0.25, 0.3) is 0 Å². The van der Waals surface area contributed by atoms with Crippen molar-refractivity contribution in [1.82, 2.24) is 10.2 Å². The van der Waals surface area contributed by atoms with E-state index in [4.69, 9.17) is 4.74 Å². The zero-order valence-electron chi connectivity index (χ0n) is 10.9. The number of rotatable bonds is 5.